The Balaban J connectivity index is 1.63. The first-order valence-electron chi connectivity index (χ1n) is 8.45. The molecule has 5 atom stereocenters. The molecule has 0 saturated carbocycles. The summed E-state index contributed by atoms with van der Waals surface area (Å²) in [6.07, 6.45) is 4.19. The highest BCUT2D eigenvalue weighted by Gasteiger charge is 2.47. The molecular weight excluding hydrogens is 270 g/mol. The largest absolute Gasteiger partial charge is 0.363 e. The van der Waals surface area contributed by atoms with Gasteiger partial charge in [-0.25, -0.2) is 0 Å². The van der Waals surface area contributed by atoms with Gasteiger partial charge in [0.05, 0.1) is 6.10 Å². The maximum atomic E-state index is 6.67. The summed E-state index contributed by atoms with van der Waals surface area (Å²) < 4.78 is 6.67. The van der Waals surface area contributed by atoms with Crippen molar-refractivity contribution in [3.63, 3.8) is 0 Å². The molecule has 0 spiro atoms. The molecule has 2 nitrogen and oxygen atoms in total. The van der Waals surface area contributed by atoms with Gasteiger partial charge in [-0.05, 0) is 36.0 Å². The van der Waals surface area contributed by atoms with Crippen molar-refractivity contribution in [1.82, 2.24) is 5.32 Å². The minimum Gasteiger partial charge on any atom is -0.363 e. The zero-order chi connectivity index (χ0) is 14.5. The van der Waals surface area contributed by atoms with Crippen molar-refractivity contribution in [1.29, 1.82) is 0 Å². The van der Waals surface area contributed by atoms with Crippen LogP contribution in [0, 0.1) is 0 Å². The average molecular weight is 291 g/mol. The fourth-order valence-electron chi connectivity index (χ4n) is 4.71. The van der Waals surface area contributed by atoms with Gasteiger partial charge in [-0.3, -0.25) is 0 Å². The Labute approximate surface area is 131 Å². The van der Waals surface area contributed by atoms with Crippen LogP contribution in [0.25, 0.3) is 0 Å². The number of benzene rings is 2. The number of ether oxygens (including phenoxy) is 1. The minimum absolute atomic E-state index is 0.0811. The van der Waals surface area contributed by atoms with Gasteiger partial charge in [-0.2, -0.15) is 0 Å². The molecule has 3 aliphatic heterocycles. The van der Waals surface area contributed by atoms with E-state index >= 15 is 0 Å². The first-order chi connectivity index (χ1) is 10.9. The molecule has 0 radical (unpaired) electrons. The Morgan fingerprint density at radius 1 is 0.864 bits per heavy atom. The monoisotopic (exact) mass is 291 g/mol. The highest BCUT2D eigenvalue weighted by molar-refractivity contribution is 5.41. The molecule has 2 bridgehead atoms. The second-order valence-electron chi connectivity index (χ2n) is 6.91. The molecule has 22 heavy (non-hydrogen) atoms. The Hall–Kier alpha value is -1.64. The first-order valence-corrected chi connectivity index (χ1v) is 8.45. The molecule has 0 aliphatic carbocycles. The van der Waals surface area contributed by atoms with Crippen LogP contribution in [0.5, 0.6) is 0 Å². The number of hydrogen-bond donors (Lipinski definition) is 1. The Bertz CT molecular complexity index is 683. The van der Waals surface area contributed by atoms with Crippen molar-refractivity contribution in [2.24, 2.45) is 0 Å². The highest BCUT2D eigenvalue weighted by Crippen LogP contribution is 2.48. The van der Waals surface area contributed by atoms with E-state index < -0.39 is 0 Å². The highest BCUT2D eigenvalue weighted by atomic mass is 16.5. The summed E-state index contributed by atoms with van der Waals surface area (Å²) in [5.74, 6) is 0.565. The third-order valence-corrected chi connectivity index (χ3v) is 5.68. The zero-order valence-electron chi connectivity index (χ0n) is 12.6. The van der Waals surface area contributed by atoms with E-state index in [0.717, 1.165) is 0 Å². The van der Waals surface area contributed by atoms with Gasteiger partial charge >= 0.3 is 0 Å². The molecule has 2 heteroatoms. The van der Waals surface area contributed by atoms with E-state index in [-0.39, 0.29) is 6.10 Å². The lowest BCUT2D eigenvalue weighted by Gasteiger charge is -2.44. The summed E-state index contributed by atoms with van der Waals surface area (Å²) in [4.78, 5) is 0. The number of nitrogens with one attached hydrogen (secondary N) is 1. The van der Waals surface area contributed by atoms with Crippen molar-refractivity contribution in [2.75, 3.05) is 0 Å². The van der Waals surface area contributed by atoms with Gasteiger partial charge in [0.2, 0.25) is 0 Å². The standard InChI is InChI=1S/C20H21NO/c1-2-6-13(7-3-1)19-16-9-5-4-8-15(16)17-12-14-10-11-18(21-14)20(17)22-19/h1-9,14,17-21H,10-12H2/t14-,17?,18+,19?,20?/m0/s1. The van der Waals surface area contributed by atoms with Gasteiger partial charge in [-0.15, -0.1) is 0 Å². The molecule has 3 heterocycles. The smallest absolute Gasteiger partial charge is 0.108 e. The lowest BCUT2D eigenvalue weighted by molar-refractivity contribution is -0.0516. The van der Waals surface area contributed by atoms with E-state index in [2.05, 4.69) is 59.9 Å². The Morgan fingerprint density at radius 3 is 2.50 bits per heavy atom. The maximum absolute atomic E-state index is 6.67. The summed E-state index contributed by atoms with van der Waals surface area (Å²) >= 11 is 0. The normalized spacial score (nSPS) is 35.7. The predicted octanol–water partition coefficient (Wildman–Crippen LogP) is 3.78. The maximum Gasteiger partial charge on any atom is 0.108 e. The van der Waals surface area contributed by atoms with Crippen molar-refractivity contribution < 1.29 is 4.74 Å². The molecule has 2 fully saturated rings. The average Bonchev–Trinajstić information content (AvgIpc) is 2.98. The topological polar surface area (TPSA) is 21.3 Å². The van der Waals surface area contributed by atoms with Crippen LogP contribution in [0.3, 0.4) is 0 Å². The van der Waals surface area contributed by atoms with Crippen molar-refractivity contribution in [2.45, 2.75) is 49.5 Å². The molecular formula is C20H21NO. The molecule has 0 aromatic heterocycles. The van der Waals surface area contributed by atoms with E-state index in [1.807, 2.05) is 0 Å². The van der Waals surface area contributed by atoms with Crippen LogP contribution in [0.4, 0.5) is 0 Å². The number of hydrogen-bond acceptors (Lipinski definition) is 2. The fraction of sp³-hybridized carbons (Fsp3) is 0.400. The summed E-state index contributed by atoms with van der Waals surface area (Å²) in [6.45, 7) is 0. The van der Waals surface area contributed by atoms with E-state index in [0.29, 0.717) is 24.1 Å². The van der Waals surface area contributed by atoms with Crippen LogP contribution < -0.4 is 5.32 Å². The van der Waals surface area contributed by atoms with E-state index in [1.54, 1.807) is 0 Å². The van der Waals surface area contributed by atoms with Gasteiger partial charge in [0.25, 0.3) is 0 Å². The van der Waals surface area contributed by atoms with Crippen LogP contribution in [-0.2, 0) is 4.74 Å². The third kappa shape index (κ3) is 1.87. The van der Waals surface area contributed by atoms with Gasteiger partial charge in [0.15, 0.2) is 0 Å². The molecule has 2 saturated heterocycles. The molecule has 2 aromatic carbocycles. The van der Waals surface area contributed by atoms with Crippen LogP contribution in [0.1, 0.15) is 48.0 Å². The quantitative estimate of drug-likeness (QED) is 0.863. The van der Waals surface area contributed by atoms with Gasteiger partial charge in [-0.1, -0.05) is 54.6 Å². The van der Waals surface area contributed by atoms with Crippen LogP contribution >= 0.6 is 0 Å². The minimum atomic E-state index is 0.0811. The van der Waals surface area contributed by atoms with Crippen molar-refractivity contribution in [3.05, 3.63) is 71.3 Å². The van der Waals surface area contributed by atoms with E-state index in [9.17, 15) is 0 Å². The number of fused-ring (bicyclic) bond motifs is 6. The fourth-order valence-corrected chi connectivity index (χ4v) is 4.71. The van der Waals surface area contributed by atoms with Crippen molar-refractivity contribution in [3.8, 4) is 0 Å². The zero-order valence-corrected chi connectivity index (χ0v) is 12.6. The second kappa shape index (κ2) is 4.94. The molecule has 3 aliphatic rings. The van der Waals surface area contributed by atoms with E-state index in [1.165, 1.54) is 36.0 Å². The second-order valence-corrected chi connectivity index (χ2v) is 6.91. The van der Waals surface area contributed by atoms with Crippen LogP contribution in [0.2, 0.25) is 0 Å². The SMILES string of the molecule is c1ccc(C2OC3C(C[C@@H]4CC[C@H]3N4)c3ccccc32)cc1. The first kappa shape index (κ1) is 12.9. The summed E-state index contributed by atoms with van der Waals surface area (Å²) in [5.41, 5.74) is 4.16. The Kier molecular flexibility index (Phi) is 2.89. The molecule has 0 amide bonds. The number of rotatable bonds is 1. The van der Waals surface area contributed by atoms with Gasteiger partial charge in [0.1, 0.15) is 6.10 Å². The predicted molar refractivity (Wildman–Crippen MR) is 86.9 cm³/mol. The molecule has 112 valence electrons. The lowest BCUT2D eigenvalue weighted by atomic mass is 9.77. The Morgan fingerprint density at radius 2 is 1.64 bits per heavy atom. The van der Waals surface area contributed by atoms with Crippen LogP contribution in [0.15, 0.2) is 54.6 Å². The summed E-state index contributed by atoms with van der Waals surface area (Å²) in [6, 6.07) is 20.8. The summed E-state index contributed by atoms with van der Waals surface area (Å²) in [5, 5.41) is 3.77. The number of piperidine rings is 1. The molecule has 3 unspecified atom stereocenters. The van der Waals surface area contributed by atoms with E-state index in [4.69, 9.17) is 4.74 Å². The summed E-state index contributed by atoms with van der Waals surface area (Å²) in [7, 11) is 0. The van der Waals surface area contributed by atoms with Crippen LogP contribution in [-0.4, -0.2) is 18.2 Å². The van der Waals surface area contributed by atoms with Gasteiger partial charge in [0, 0.05) is 18.0 Å². The van der Waals surface area contributed by atoms with Crippen molar-refractivity contribution >= 4 is 0 Å². The molecule has 5 rings (SSSR count). The third-order valence-electron chi connectivity index (χ3n) is 5.68. The lowest BCUT2D eigenvalue weighted by Crippen LogP contribution is -2.51. The molecule has 2 aromatic rings. The molecule has 1 N–H and O–H groups in total. The van der Waals surface area contributed by atoms with Gasteiger partial charge < -0.3 is 10.1 Å².